The standard InChI is InChI=1S/C54H83N3O16P2/c1-3-5-7-9-11-12-13-14-15-16-17-18-19-20-21-22-26-30-34-38-49(59)68-42-46(71-50(60)39-35-31-27-23-25-29-33-37-45(58)36-32-28-24-10-8-6-4-2)43-69-74(64,65)73-75(66,67)70-44-47-51(61)52(62)53(72-47)57-41-40-48(55)56-54(57)63/h11-12,14-15,17-18,20-21,23-24,26-30,32-33,36,40-41,45-47,51-53,58,61-62H,3-10,13,16,19,22,25,31,34-35,37-39,42-44H2,1-2H3,(H,64,65)(H,66,67)(H2,55,56,63)/b12-11-,15-14-,18-17-,21-20-,27-23+,28-24-,30-26-,33-29-,36-32-/t45-,46+,47+,51+,52+,53+/m0/s1. The van der Waals surface area contributed by atoms with Gasteiger partial charge in [-0.05, 0) is 89.5 Å². The number of aromatic nitrogens is 2. The number of phosphoric acid groups is 2. The number of hydrogen-bond acceptors (Lipinski definition) is 16. The number of aliphatic hydroxyl groups excluding tert-OH is 3. The lowest BCUT2D eigenvalue weighted by molar-refractivity contribution is -0.161. The molecule has 0 amide bonds. The van der Waals surface area contributed by atoms with E-state index in [9.17, 15) is 48.6 Å². The number of esters is 2. The van der Waals surface area contributed by atoms with Crippen LogP contribution in [0.3, 0.4) is 0 Å². The first kappa shape index (κ1) is 66.5. The molecule has 19 nitrogen and oxygen atoms in total. The van der Waals surface area contributed by atoms with Gasteiger partial charge in [0, 0.05) is 19.0 Å². The molecule has 0 aromatic carbocycles. The van der Waals surface area contributed by atoms with E-state index in [1.807, 2.05) is 54.7 Å². The van der Waals surface area contributed by atoms with E-state index < -0.39 is 89.8 Å². The van der Waals surface area contributed by atoms with Gasteiger partial charge in [-0.15, -0.1) is 0 Å². The number of ether oxygens (including phenoxy) is 3. The fourth-order valence-corrected chi connectivity index (χ4v) is 8.95. The van der Waals surface area contributed by atoms with Crippen molar-refractivity contribution in [1.82, 2.24) is 9.55 Å². The molecule has 1 aliphatic rings. The van der Waals surface area contributed by atoms with Crippen LogP contribution in [-0.4, -0.2) is 96.9 Å². The van der Waals surface area contributed by atoms with Crippen LogP contribution in [0.25, 0.3) is 0 Å². The molecule has 2 unspecified atom stereocenters. The van der Waals surface area contributed by atoms with Crippen LogP contribution < -0.4 is 11.4 Å². The monoisotopic (exact) mass is 1090 g/mol. The quantitative estimate of drug-likeness (QED) is 0.0117. The summed E-state index contributed by atoms with van der Waals surface area (Å²) in [6, 6.07) is 1.23. The highest BCUT2D eigenvalue weighted by Gasteiger charge is 2.46. The number of phosphoric ester groups is 2. The molecule has 2 heterocycles. The number of hydrogen-bond donors (Lipinski definition) is 6. The van der Waals surface area contributed by atoms with Crippen LogP contribution in [-0.2, 0) is 46.3 Å². The van der Waals surface area contributed by atoms with Gasteiger partial charge in [0.25, 0.3) is 0 Å². The molecule has 1 saturated heterocycles. The Hall–Kier alpha value is -4.62. The van der Waals surface area contributed by atoms with Crippen LogP contribution in [0.4, 0.5) is 5.82 Å². The molecule has 0 spiro atoms. The third-order valence-electron chi connectivity index (χ3n) is 10.9. The van der Waals surface area contributed by atoms with Gasteiger partial charge in [0.15, 0.2) is 12.3 Å². The Morgan fingerprint density at radius 1 is 0.707 bits per heavy atom. The van der Waals surface area contributed by atoms with Crippen molar-refractivity contribution in [2.24, 2.45) is 0 Å². The molecule has 1 aromatic heterocycles. The van der Waals surface area contributed by atoms with Crippen LogP contribution >= 0.6 is 15.6 Å². The number of rotatable bonds is 41. The minimum atomic E-state index is -5.47. The van der Waals surface area contributed by atoms with Gasteiger partial charge in [-0.1, -0.05) is 149 Å². The molecule has 8 atom stereocenters. The SMILES string of the molecule is CCCCC/C=C\C=C/[C@H](O)C/C=C\C/C=C/CCCC(=O)O[C@H](COC(=O)CC/C=C\C/C=C\C/C=C\C/C=C\C/C=C\CCCCC)COP(=O)(O)OP(=O)(O)OC[C@H]1O[C@@H](n2ccc(N)nc2=O)[C@H](O)[C@@H]1O. The molecule has 0 aliphatic carbocycles. The van der Waals surface area contributed by atoms with Gasteiger partial charge in [-0.25, -0.2) is 13.9 Å². The number of carbonyl (C=O) groups is 2. The predicted molar refractivity (Wildman–Crippen MR) is 290 cm³/mol. The van der Waals surface area contributed by atoms with Crippen LogP contribution in [0.5, 0.6) is 0 Å². The first-order valence-electron chi connectivity index (χ1n) is 26.0. The minimum absolute atomic E-state index is 0.0277. The summed E-state index contributed by atoms with van der Waals surface area (Å²) in [6.45, 7) is 1.88. The van der Waals surface area contributed by atoms with Gasteiger partial charge >= 0.3 is 33.3 Å². The molecule has 420 valence electrons. The normalized spacial score (nSPS) is 20.1. The third kappa shape index (κ3) is 33.2. The van der Waals surface area contributed by atoms with E-state index in [0.29, 0.717) is 38.5 Å². The highest BCUT2D eigenvalue weighted by Crippen LogP contribution is 2.60. The van der Waals surface area contributed by atoms with Crippen LogP contribution in [0.2, 0.25) is 0 Å². The molecule has 0 bridgehead atoms. The molecule has 1 aromatic rings. The van der Waals surface area contributed by atoms with Gasteiger partial charge in [-0.2, -0.15) is 9.29 Å². The summed E-state index contributed by atoms with van der Waals surface area (Å²) < 4.78 is 56.6. The highest BCUT2D eigenvalue weighted by atomic mass is 31.3. The highest BCUT2D eigenvalue weighted by molar-refractivity contribution is 7.61. The van der Waals surface area contributed by atoms with E-state index in [1.54, 1.807) is 6.08 Å². The molecule has 21 heteroatoms. The minimum Gasteiger partial charge on any atom is -0.462 e. The molecular formula is C54H83N3O16P2. The maximum atomic E-state index is 12.9. The summed E-state index contributed by atoms with van der Waals surface area (Å²) in [5.41, 5.74) is 4.57. The van der Waals surface area contributed by atoms with Crippen molar-refractivity contribution in [1.29, 1.82) is 0 Å². The zero-order valence-corrected chi connectivity index (χ0v) is 45.4. The van der Waals surface area contributed by atoms with Crippen molar-refractivity contribution in [3.63, 3.8) is 0 Å². The fourth-order valence-electron chi connectivity index (χ4n) is 6.84. The smallest absolute Gasteiger partial charge is 0.462 e. The molecule has 1 fully saturated rings. The van der Waals surface area contributed by atoms with Crippen LogP contribution in [0, 0.1) is 0 Å². The number of carbonyl (C=O) groups excluding carboxylic acids is 2. The van der Waals surface area contributed by atoms with E-state index in [2.05, 4.69) is 71.8 Å². The lowest BCUT2D eigenvalue weighted by Gasteiger charge is -2.21. The summed E-state index contributed by atoms with van der Waals surface area (Å²) in [4.78, 5) is 61.9. The van der Waals surface area contributed by atoms with Crippen LogP contribution in [0.15, 0.2) is 126 Å². The van der Waals surface area contributed by atoms with Crippen molar-refractivity contribution in [3.8, 4) is 0 Å². The maximum absolute atomic E-state index is 12.9. The zero-order valence-electron chi connectivity index (χ0n) is 43.7. The molecule has 1 aliphatic heterocycles. The van der Waals surface area contributed by atoms with E-state index in [-0.39, 0.29) is 18.7 Å². The average Bonchev–Trinajstić information content (AvgIpc) is 3.64. The molecule has 75 heavy (non-hydrogen) atoms. The molecule has 2 rings (SSSR count). The van der Waals surface area contributed by atoms with Gasteiger partial charge in [0.05, 0.1) is 19.3 Å². The van der Waals surface area contributed by atoms with E-state index in [0.717, 1.165) is 49.3 Å². The Balaban J connectivity index is 1.87. The van der Waals surface area contributed by atoms with E-state index in [1.165, 1.54) is 38.2 Å². The van der Waals surface area contributed by atoms with Gasteiger partial charge in [0.1, 0.15) is 30.7 Å². The van der Waals surface area contributed by atoms with Crippen molar-refractivity contribution in [3.05, 3.63) is 132 Å². The zero-order chi connectivity index (χ0) is 55.0. The van der Waals surface area contributed by atoms with E-state index >= 15 is 0 Å². The lowest BCUT2D eigenvalue weighted by Crippen LogP contribution is -2.36. The van der Waals surface area contributed by atoms with Crippen LogP contribution in [0.1, 0.15) is 142 Å². The Kier molecular flexibility index (Phi) is 36.0. The van der Waals surface area contributed by atoms with E-state index in [4.69, 9.17) is 29.0 Å². The van der Waals surface area contributed by atoms with Crippen molar-refractivity contribution >= 4 is 33.4 Å². The summed E-state index contributed by atoms with van der Waals surface area (Å²) >= 11 is 0. The topological polar surface area (TPSA) is 286 Å². The van der Waals surface area contributed by atoms with Crippen molar-refractivity contribution in [2.75, 3.05) is 25.6 Å². The van der Waals surface area contributed by atoms with Crippen molar-refractivity contribution in [2.45, 2.75) is 173 Å². The first-order valence-corrected chi connectivity index (χ1v) is 29.0. The first-order chi connectivity index (χ1) is 36.1. The number of anilines is 1. The molecular weight excluding hydrogens is 1010 g/mol. The Labute approximate surface area is 443 Å². The van der Waals surface area contributed by atoms with Gasteiger partial charge in [-0.3, -0.25) is 23.2 Å². The van der Waals surface area contributed by atoms with Gasteiger partial charge < -0.3 is 45.1 Å². The van der Waals surface area contributed by atoms with Crippen molar-refractivity contribution < 1.29 is 71.4 Å². The third-order valence-corrected chi connectivity index (χ3v) is 13.5. The summed E-state index contributed by atoms with van der Waals surface area (Å²) in [6.07, 6.45) is 43.5. The summed E-state index contributed by atoms with van der Waals surface area (Å²) in [5.74, 6) is -1.52. The number of nitrogens with two attached hydrogens (primary N) is 1. The Morgan fingerprint density at radius 3 is 1.85 bits per heavy atom. The predicted octanol–water partition coefficient (Wildman–Crippen LogP) is 9.97. The lowest BCUT2D eigenvalue weighted by atomic mass is 10.1. The largest absolute Gasteiger partial charge is 0.481 e. The number of nitrogens with zero attached hydrogens (tertiary/aromatic N) is 2. The second kappa shape index (κ2) is 40.6. The molecule has 0 radical (unpaired) electrons. The second-order valence-corrected chi connectivity index (χ2v) is 20.6. The Bertz CT molecular complexity index is 2200. The summed E-state index contributed by atoms with van der Waals surface area (Å²) in [5, 5.41) is 31.1. The summed E-state index contributed by atoms with van der Waals surface area (Å²) in [7, 11) is -10.9. The number of unbranched alkanes of at least 4 members (excludes halogenated alkanes) is 7. The molecule has 0 saturated carbocycles. The molecule has 7 N–H and O–H groups in total. The number of aliphatic hydroxyl groups is 3. The number of allylic oxidation sites excluding steroid dienone is 16. The second-order valence-electron chi connectivity index (χ2n) is 17.5. The fraction of sp³-hybridized carbons (Fsp3) is 0.556. The average molecular weight is 1090 g/mol. The van der Waals surface area contributed by atoms with Gasteiger partial charge in [0.2, 0.25) is 0 Å². The maximum Gasteiger partial charge on any atom is 0.481 e. The number of nitrogen functional groups attached to an aromatic ring is 1. The Morgan fingerprint density at radius 2 is 1.25 bits per heavy atom.